The third-order valence-electron chi connectivity index (χ3n) is 1.68. The van der Waals surface area contributed by atoms with Crippen LogP contribution in [0.1, 0.15) is 32.6 Å². The molecule has 0 bridgehead atoms. The van der Waals surface area contributed by atoms with Crippen molar-refractivity contribution in [3.8, 4) is 0 Å². The Morgan fingerprint density at radius 3 is 2.57 bits per heavy atom. The lowest BCUT2D eigenvalue weighted by Gasteiger charge is -2.00. The monoisotopic (exact) mass is 199 g/mol. The molecule has 4 heteroatoms. The molecular formula is C10H17NO3. The summed E-state index contributed by atoms with van der Waals surface area (Å²) < 4.78 is 0. The Balaban J connectivity index is 3.21. The minimum absolute atomic E-state index is 0.0919. The van der Waals surface area contributed by atoms with Gasteiger partial charge in [0.05, 0.1) is 0 Å². The number of hydrogen-bond acceptors (Lipinski definition) is 2. The summed E-state index contributed by atoms with van der Waals surface area (Å²) in [7, 11) is 0. The van der Waals surface area contributed by atoms with Crippen molar-refractivity contribution in [1.82, 2.24) is 5.32 Å². The molecule has 2 N–H and O–H groups in total. The van der Waals surface area contributed by atoms with Crippen molar-refractivity contribution in [3.05, 3.63) is 12.2 Å². The van der Waals surface area contributed by atoms with Gasteiger partial charge in [0.1, 0.15) is 0 Å². The van der Waals surface area contributed by atoms with Gasteiger partial charge < -0.3 is 10.4 Å². The predicted octanol–water partition coefficient (Wildman–Crippen LogP) is 1.32. The van der Waals surface area contributed by atoms with Gasteiger partial charge in [0.25, 0.3) is 0 Å². The number of allylic oxidation sites excluding steroid dienone is 1. The average Bonchev–Trinajstić information content (AvgIpc) is 2.11. The molecule has 14 heavy (non-hydrogen) atoms. The number of amides is 1. The van der Waals surface area contributed by atoms with Crippen LogP contribution in [-0.2, 0) is 9.59 Å². The van der Waals surface area contributed by atoms with Crippen molar-refractivity contribution in [2.75, 3.05) is 6.54 Å². The van der Waals surface area contributed by atoms with E-state index in [2.05, 4.69) is 5.32 Å². The van der Waals surface area contributed by atoms with Gasteiger partial charge in [-0.05, 0) is 25.8 Å². The van der Waals surface area contributed by atoms with E-state index in [1.165, 1.54) is 6.08 Å². The Labute approximate surface area is 84.0 Å². The smallest absolute Gasteiger partial charge is 0.303 e. The van der Waals surface area contributed by atoms with Crippen LogP contribution in [0.4, 0.5) is 0 Å². The van der Waals surface area contributed by atoms with Crippen molar-refractivity contribution < 1.29 is 14.7 Å². The van der Waals surface area contributed by atoms with Crippen molar-refractivity contribution in [2.24, 2.45) is 0 Å². The number of rotatable bonds is 7. The summed E-state index contributed by atoms with van der Waals surface area (Å²) in [6.07, 6.45) is 5.70. The second-order valence-electron chi connectivity index (χ2n) is 3.00. The minimum Gasteiger partial charge on any atom is -0.481 e. The first-order valence-electron chi connectivity index (χ1n) is 4.79. The molecule has 0 aromatic rings. The van der Waals surface area contributed by atoms with Gasteiger partial charge in [-0.1, -0.05) is 12.5 Å². The molecule has 0 radical (unpaired) electrons. The lowest BCUT2D eigenvalue weighted by atomic mass is 10.2. The Hall–Kier alpha value is -1.32. The van der Waals surface area contributed by atoms with E-state index in [9.17, 15) is 9.59 Å². The predicted molar refractivity (Wildman–Crippen MR) is 53.9 cm³/mol. The molecule has 0 saturated heterocycles. The number of unbranched alkanes of at least 4 members (excludes halogenated alkanes) is 2. The molecule has 0 aliphatic heterocycles. The van der Waals surface area contributed by atoms with E-state index in [0.717, 1.165) is 12.8 Å². The normalized spacial score (nSPS) is 10.4. The third-order valence-corrected chi connectivity index (χ3v) is 1.68. The molecule has 0 aliphatic carbocycles. The van der Waals surface area contributed by atoms with Crippen LogP contribution in [0.25, 0.3) is 0 Å². The summed E-state index contributed by atoms with van der Waals surface area (Å²) >= 11 is 0. The first-order valence-corrected chi connectivity index (χ1v) is 4.79. The van der Waals surface area contributed by atoms with Gasteiger partial charge >= 0.3 is 5.97 Å². The SMILES string of the molecule is C/C=C\C(=O)NCCCCCC(=O)O. The van der Waals surface area contributed by atoms with Gasteiger partial charge in [-0.25, -0.2) is 0 Å². The van der Waals surface area contributed by atoms with Crippen molar-refractivity contribution >= 4 is 11.9 Å². The maximum Gasteiger partial charge on any atom is 0.303 e. The van der Waals surface area contributed by atoms with Crippen LogP contribution in [0.15, 0.2) is 12.2 Å². The molecule has 0 aromatic carbocycles. The van der Waals surface area contributed by atoms with E-state index in [1.807, 2.05) is 0 Å². The quantitative estimate of drug-likeness (QED) is 0.480. The summed E-state index contributed by atoms with van der Waals surface area (Å²) in [6, 6.07) is 0. The van der Waals surface area contributed by atoms with Crippen LogP contribution in [0.5, 0.6) is 0 Å². The van der Waals surface area contributed by atoms with Crippen LogP contribution in [-0.4, -0.2) is 23.5 Å². The number of hydrogen-bond donors (Lipinski definition) is 2. The summed E-state index contributed by atoms with van der Waals surface area (Å²) in [5.74, 6) is -0.853. The molecule has 0 spiro atoms. The Kier molecular flexibility index (Phi) is 7.50. The molecule has 0 atom stereocenters. The fourth-order valence-electron chi connectivity index (χ4n) is 1.000. The molecule has 0 rings (SSSR count). The van der Waals surface area contributed by atoms with E-state index in [1.54, 1.807) is 13.0 Å². The summed E-state index contributed by atoms with van der Waals surface area (Å²) in [4.78, 5) is 21.0. The molecule has 80 valence electrons. The highest BCUT2D eigenvalue weighted by molar-refractivity contribution is 5.87. The highest BCUT2D eigenvalue weighted by Crippen LogP contribution is 1.98. The van der Waals surface area contributed by atoms with Gasteiger partial charge in [0.15, 0.2) is 0 Å². The standard InChI is InChI=1S/C10H17NO3/c1-2-6-9(12)11-8-5-3-4-7-10(13)14/h2,6H,3-5,7-8H2,1H3,(H,11,12)(H,13,14)/b6-2-. The van der Waals surface area contributed by atoms with Crippen LogP contribution in [0.2, 0.25) is 0 Å². The molecular weight excluding hydrogens is 182 g/mol. The summed E-state index contributed by atoms with van der Waals surface area (Å²) in [5, 5.41) is 11.0. The number of carbonyl (C=O) groups excluding carboxylic acids is 1. The molecule has 0 fully saturated rings. The van der Waals surface area contributed by atoms with Crippen LogP contribution in [0.3, 0.4) is 0 Å². The first-order chi connectivity index (χ1) is 6.66. The number of aliphatic carboxylic acids is 1. The zero-order chi connectivity index (χ0) is 10.8. The molecule has 0 heterocycles. The number of carboxylic acids is 1. The maximum absolute atomic E-state index is 10.9. The van der Waals surface area contributed by atoms with Gasteiger partial charge in [-0.2, -0.15) is 0 Å². The fraction of sp³-hybridized carbons (Fsp3) is 0.600. The van der Waals surface area contributed by atoms with Crippen molar-refractivity contribution in [2.45, 2.75) is 32.6 Å². The summed E-state index contributed by atoms with van der Waals surface area (Å²) in [6.45, 7) is 2.40. The fourth-order valence-corrected chi connectivity index (χ4v) is 1.000. The Morgan fingerprint density at radius 1 is 1.29 bits per heavy atom. The van der Waals surface area contributed by atoms with Crippen LogP contribution in [0, 0.1) is 0 Å². The molecule has 4 nitrogen and oxygen atoms in total. The van der Waals surface area contributed by atoms with Crippen molar-refractivity contribution in [1.29, 1.82) is 0 Å². The largest absolute Gasteiger partial charge is 0.481 e. The van der Waals surface area contributed by atoms with Crippen molar-refractivity contribution in [3.63, 3.8) is 0 Å². The van der Waals surface area contributed by atoms with Gasteiger partial charge in [0.2, 0.25) is 5.91 Å². The van der Waals surface area contributed by atoms with E-state index in [-0.39, 0.29) is 12.3 Å². The lowest BCUT2D eigenvalue weighted by molar-refractivity contribution is -0.137. The first kappa shape index (κ1) is 12.7. The van der Waals surface area contributed by atoms with Gasteiger partial charge in [-0.15, -0.1) is 0 Å². The zero-order valence-corrected chi connectivity index (χ0v) is 8.45. The maximum atomic E-state index is 10.9. The van der Waals surface area contributed by atoms with E-state index in [0.29, 0.717) is 13.0 Å². The average molecular weight is 199 g/mol. The molecule has 0 unspecified atom stereocenters. The van der Waals surface area contributed by atoms with Crippen LogP contribution < -0.4 is 5.32 Å². The molecule has 0 saturated carbocycles. The Bertz CT molecular complexity index is 211. The van der Waals surface area contributed by atoms with E-state index in [4.69, 9.17) is 5.11 Å². The molecule has 0 aliphatic rings. The van der Waals surface area contributed by atoms with E-state index >= 15 is 0 Å². The lowest BCUT2D eigenvalue weighted by Crippen LogP contribution is -2.21. The number of carbonyl (C=O) groups is 2. The Morgan fingerprint density at radius 2 is 2.00 bits per heavy atom. The number of carboxylic acid groups (broad SMARTS) is 1. The highest BCUT2D eigenvalue weighted by atomic mass is 16.4. The molecule has 0 aromatic heterocycles. The van der Waals surface area contributed by atoms with Crippen LogP contribution >= 0.6 is 0 Å². The minimum atomic E-state index is -0.761. The van der Waals surface area contributed by atoms with Gasteiger partial charge in [-0.3, -0.25) is 9.59 Å². The third kappa shape index (κ3) is 8.77. The highest BCUT2D eigenvalue weighted by Gasteiger charge is 1.97. The second-order valence-corrected chi connectivity index (χ2v) is 3.00. The van der Waals surface area contributed by atoms with E-state index < -0.39 is 5.97 Å². The summed E-state index contributed by atoms with van der Waals surface area (Å²) in [5.41, 5.74) is 0. The molecule has 1 amide bonds. The zero-order valence-electron chi connectivity index (χ0n) is 8.45. The second kappa shape index (κ2) is 8.29. The van der Waals surface area contributed by atoms with Gasteiger partial charge in [0, 0.05) is 13.0 Å². The number of nitrogens with one attached hydrogen (secondary N) is 1. The topological polar surface area (TPSA) is 66.4 Å².